The number of anilines is 1. The van der Waals surface area contributed by atoms with E-state index in [0.717, 1.165) is 44.4 Å². The van der Waals surface area contributed by atoms with Crippen LogP contribution in [0.5, 0.6) is 0 Å². The van der Waals surface area contributed by atoms with Crippen LogP contribution >= 0.6 is 0 Å². The average molecular weight is 452 g/mol. The molecule has 1 aromatic rings. The van der Waals surface area contributed by atoms with Gasteiger partial charge in [0.05, 0.1) is 13.1 Å². The predicted molar refractivity (Wildman–Crippen MR) is 129 cm³/mol. The number of nitrogens with zero attached hydrogens (tertiary/aromatic N) is 6. The summed E-state index contributed by atoms with van der Waals surface area (Å²) in [7, 11) is 1.75. The van der Waals surface area contributed by atoms with E-state index in [1.807, 2.05) is 0 Å². The van der Waals surface area contributed by atoms with Crippen molar-refractivity contribution in [2.24, 2.45) is 10.9 Å². The Hall–Kier alpha value is -2.74. The molecule has 8 nitrogen and oxygen atoms in total. The molecule has 2 atom stereocenters. The molecule has 0 spiro atoms. The number of hydrogen-bond donors (Lipinski definition) is 0. The number of likely N-dealkylation sites (N-methyl/N-ethyl adjacent to an activating group) is 1. The van der Waals surface area contributed by atoms with Crippen molar-refractivity contribution in [3.05, 3.63) is 29.3 Å². The zero-order chi connectivity index (χ0) is 23.3. The van der Waals surface area contributed by atoms with Crippen molar-refractivity contribution >= 4 is 29.4 Å². The van der Waals surface area contributed by atoms with Crippen molar-refractivity contribution in [2.45, 2.75) is 46.1 Å². The number of piperidine rings is 1. The number of carbonyl (C=O) groups excluding carboxylic acids is 2. The van der Waals surface area contributed by atoms with Gasteiger partial charge < -0.3 is 4.90 Å². The minimum atomic E-state index is -0.527. The molecule has 2 saturated heterocycles. The lowest BCUT2D eigenvalue weighted by Gasteiger charge is -2.36. The first-order valence-electron chi connectivity index (χ1n) is 12.2. The molecule has 0 aromatic heterocycles. The molecular formula is C25H35N6O2+. The first-order valence-corrected chi connectivity index (χ1v) is 12.2. The van der Waals surface area contributed by atoms with Gasteiger partial charge in [-0.1, -0.05) is 24.4 Å². The van der Waals surface area contributed by atoms with E-state index in [1.165, 1.54) is 35.3 Å². The molecule has 0 N–H and O–H groups in total. The summed E-state index contributed by atoms with van der Waals surface area (Å²) in [5, 5.41) is 0. The minimum absolute atomic E-state index is 0.141. The van der Waals surface area contributed by atoms with Crippen LogP contribution in [0.1, 0.15) is 37.3 Å². The van der Waals surface area contributed by atoms with Crippen LogP contribution in [0.3, 0.4) is 0 Å². The maximum atomic E-state index is 13.6. The second-order valence-electron chi connectivity index (χ2n) is 10.0. The third-order valence-electron chi connectivity index (χ3n) is 7.52. The van der Waals surface area contributed by atoms with Gasteiger partial charge in [0.1, 0.15) is 5.69 Å². The molecule has 0 saturated carbocycles. The van der Waals surface area contributed by atoms with E-state index in [9.17, 15) is 9.59 Å². The highest BCUT2D eigenvalue weighted by atomic mass is 16.2. The van der Waals surface area contributed by atoms with Gasteiger partial charge in [-0.3, -0.25) is 14.6 Å². The number of fused-ring (bicyclic) bond motifs is 2. The van der Waals surface area contributed by atoms with E-state index in [-0.39, 0.29) is 11.9 Å². The summed E-state index contributed by atoms with van der Waals surface area (Å²) < 4.78 is 2.11. The van der Waals surface area contributed by atoms with Crippen LogP contribution in [0.2, 0.25) is 0 Å². The summed E-state index contributed by atoms with van der Waals surface area (Å²) in [6.07, 6.45) is 3.66. The van der Waals surface area contributed by atoms with Crippen molar-refractivity contribution in [2.75, 3.05) is 51.2 Å². The molecule has 4 heterocycles. The third-order valence-corrected chi connectivity index (χ3v) is 7.52. The maximum absolute atomic E-state index is 13.6. The molecule has 0 aliphatic carbocycles. The van der Waals surface area contributed by atoms with Crippen LogP contribution in [-0.4, -0.2) is 95.4 Å². The Morgan fingerprint density at radius 2 is 1.82 bits per heavy atom. The van der Waals surface area contributed by atoms with Crippen LogP contribution in [0.15, 0.2) is 23.2 Å². The Labute approximate surface area is 196 Å². The molecule has 5 rings (SSSR count). The van der Waals surface area contributed by atoms with Gasteiger partial charge in [0.25, 0.3) is 5.91 Å². The molecule has 4 aliphatic rings. The van der Waals surface area contributed by atoms with Crippen LogP contribution in [0.4, 0.5) is 10.5 Å². The average Bonchev–Trinajstić information content (AvgIpc) is 3.19. The van der Waals surface area contributed by atoms with Gasteiger partial charge in [0, 0.05) is 26.1 Å². The van der Waals surface area contributed by atoms with Gasteiger partial charge in [-0.2, -0.15) is 0 Å². The second kappa shape index (κ2) is 8.56. The fourth-order valence-corrected chi connectivity index (χ4v) is 5.44. The lowest BCUT2D eigenvalue weighted by atomic mass is 10.0. The molecule has 1 aromatic carbocycles. The van der Waals surface area contributed by atoms with Crippen LogP contribution in [-0.2, 0) is 4.79 Å². The molecule has 176 valence electrons. The van der Waals surface area contributed by atoms with Crippen molar-refractivity contribution in [3.8, 4) is 0 Å². The van der Waals surface area contributed by atoms with Gasteiger partial charge in [0.2, 0.25) is 11.9 Å². The molecule has 3 amide bonds. The third kappa shape index (κ3) is 3.84. The predicted octanol–water partition coefficient (Wildman–Crippen LogP) is 2.29. The second-order valence-corrected chi connectivity index (χ2v) is 10.0. The highest BCUT2D eigenvalue weighted by Crippen LogP contribution is 2.29. The Morgan fingerprint density at radius 3 is 2.55 bits per heavy atom. The van der Waals surface area contributed by atoms with Crippen LogP contribution in [0.25, 0.3) is 0 Å². The van der Waals surface area contributed by atoms with E-state index in [2.05, 4.69) is 53.3 Å². The van der Waals surface area contributed by atoms with E-state index < -0.39 is 6.04 Å². The number of rotatable bonds is 4. The molecule has 8 heteroatoms. The summed E-state index contributed by atoms with van der Waals surface area (Å²) in [6.45, 7) is 11.3. The minimum Gasteiger partial charge on any atom is -0.302 e. The highest BCUT2D eigenvalue weighted by Gasteiger charge is 2.55. The number of aryl methyl sites for hydroxylation is 2. The number of hydrogen-bond acceptors (Lipinski definition) is 5. The van der Waals surface area contributed by atoms with Gasteiger partial charge >= 0.3 is 12.0 Å². The van der Waals surface area contributed by atoms with Crippen LogP contribution < -0.4 is 4.90 Å². The smallest absolute Gasteiger partial charge is 0.302 e. The Bertz CT molecular complexity index is 1040. The van der Waals surface area contributed by atoms with E-state index in [4.69, 9.17) is 4.99 Å². The van der Waals surface area contributed by atoms with E-state index in [0.29, 0.717) is 18.3 Å². The summed E-state index contributed by atoms with van der Waals surface area (Å²) in [5.74, 6) is 1.56. The Balaban J connectivity index is 1.44. The number of amidine groups is 1. The van der Waals surface area contributed by atoms with Crippen molar-refractivity contribution < 1.29 is 14.2 Å². The molecule has 4 aliphatic heterocycles. The van der Waals surface area contributed by atoms with Crippen molar-refractivity contribution in [1.82, 2.24) is 14.7 Å². The van der Waals surface area contributed by atoms with Crippen molar-refractivity contribution in [1.29, 1.82) is 0 Å². The SMILES string of the molecule is Cc1ccc(N2CC(C)C[N+]3=C2N=C2C3C(=O)N(CCN3CCCCC3)C(=O)N2C)cc1C. The van der Waals surface area contributed by atoms with E-state index in [1.54, 1.807) is 11.9 Å². The lowest BCUT2D eigenvalue weighted by Crippen LogP contribution is -2.64. The normalized spacial score (nSPS) is 26.1. The van der Waals surface area contributed by atoms with Crippen molar-refractivity contribution in [3.63, 3.8) is 0 Å². The number of likely N-dealkylation sites (tertiary alicyclic amines) is 1. The lowest BCUT2D eigenvalue weighted by molar-refractivity contribution is -0.545. The van der Waals surface area contributed by atoms with E-state index >= 15 is 0 Å². The van der Waals surface area contributed by atoms with Gasteiger partial charge in [0.15, 0.2) is 0 Å². The maximum Gasteiger partial charge on any atom is 0.397 e. The number of imide groups is 1. The number of urea groups is 1. The van der Waals surface area contributed by atoms with Gasteiger partial charge in [-0.05, 0) is 63.0 Å². The zero-order valence-electron chi connectivity index (χ0n) is 20.3. The molecular weight excluding hydrogens is 416 g/mol. The quantitative estimate of drug-likeness (QED) is 0.659. The summed E-state index contributed by atoms with van der Waals surface area (Å²) in [6, 6.07) is 5.64. The Kier molecular flexibility index (Phi) is 5.72. The fourth-order valence-electron chi connectivity index (χ4n) is 5.44. The first-order chi connectivity index (χ1) is 15.8. The topological polar surface area (TPSA) is 62.5 Å². The summed E-state index contributed by atoms with van der Waals surface area (Å²) in [4.78, 5) is 39.3. The Morgan fingerprint density at radius 1 is 1.06 bits per heavy atom. The fraction of sp³-hybridized carbons (Fsp3) is 0.600. The highest BCUT2D eigenvalue weighted by molar-refractivity contribution is 6.24. The monoisotopic (exact) mass is 451 g/mol. The summed E-state index contributed by atoms with van der Waals surface area (Å²) >= 11 is 0. The number of carbonyl (C=O) groups is 2. The standard InChI is InChI=1S/C25H35N6O2/c1-17-15-30(20-9-8-18(2)19(3)14-20)24-26-22-21(31(24)16-17)23(32)29(25(33)27(22)4)13-12-28-10-6-5-7-11-28/h8-9,14,17,21H,5-7,10-13,15-16H2,1-4H3/q+1. The molecule has 2 fully saturated rings. The summed E-state index contributed by atoms with van der Waals surface area (Å²) in [5.41, 5.74) is 3.56. The molecule has 33 heavy (non-hydrogen) atoms. The number of guanidine groups is 1. The van der Waals surface area contributed by atoms with Crippen LogP contribution in [0, 0.1) is 19.8 Å². The molecule has 2 unspecified atom stereocenters. The zero-order valence-corrected chi connectivity index (χ0v) is 20.3. The number of amides is 3. The number of aliphatic imine (C=N–C) groups is 1. The number of benzene rings is 1. The largest absolute Gasteiger partial charge is 0.397 e. The van der Waals surface area contributed by atoms with Gasteiger partial charge in [-0.25, -0.2) is 14.3 Å². The first kappa shape index (κ1) is 22.1. The molecule has 0 radical (unpaired) electrons. The van der Waals surface area contributed by atoms with Gasteiger partial charge in [-0.15, -0.1) is 0 Å². The molecule has 0 bridgehead atoms.